The summed E-state index contributed by atoms with van der Waals surface area (Å²) >= 11 is 0. The molecule has 4 saturated carbocycles. The number of ketones is 2. The molecule has 5 fully saturated rings. The van der Waals surface area contributed by atoms with Crippen molar-refractivity contribution in [2.24, 2.45) is 22.7 Å². The maximum atomic E-state index is 17.4. The molecule has 0 amide bonds. The number of rotatable bonds is 3. The van der Waals surface area contributed by atoms with Gasteiger partial charge in [0.05, 0.1) is 12.2 Å². The van der Waals surface area contributed by atoms with Crippen LogP contribution in [0.25, 0.3) is 0 Å². The minimum absolute atomic E-state index is 0.0110. The molecule has 8 heteroatoms. The summed E-state index contributed by atoms with van der Waals surface area (Å²) in [4.78, 5) is 37.5. The van der Waals surface area contributed by atoms with Gasteiger partial charge in [-0.15, -0.1) is 0 Å². The Labute approximate surface area is 210 Å². The first-order valence-corrected chi connectivity index (χ1v) is 13.3. The number of hydrogen-bond donors (Lipinski definition) is 1. The lowest BCUT2D eigenvalue weighted by molar-refractivity contribution is -0.253. The van der Waals surface area contributed by atoms with Crippen molar-refractivity contribution in [3.63, 3.8) is 0 Å². The molecule has 0 unspecified atom stereocenters. The van der Waals surface area contributed by atoms with Gasteiger partial charge in [0.2, 0.25) is 5.78 Å². The predicted octanol–water partition coefficient (Wildman–Crippen LogP) is 3.52. The van der Waals surface area contributed by atoms with E-state index in [1.54, 1.807) is 13.0 Å². The van der Waals surface area contributed by atoms with Crippen LogP contribution in [-0.2, 0) is 28.6 Å². The summed E-state index contributed by atoms with van der Waals surface area (Å²) in [5.41, 5.74) is -4.72. The Kier molecular flexibility index (Phi) is 5.14. The number of halogens is 1. The van der Waals surface area contributed by atoms with Gasteiger partial charge in [0.15, 0.2) is 29.4 Å². The number of aliphatic hydroxyl groups excluding tert-OH is 1. The minimum Gasteiger partial charge on any atom is -0.458 e. The van der Waals surface area contributed by atoms with Crippen LogP contribution >= 0.6 is 0 Å². The van der Waals surface area contributed by atoms with Gasteiger partial charge in [-0.2, -0.15) is 0 Å². The molecule has 6 rings (SSSR count). The zero-order valence-electron chi connectivity index (χ0n) is 21.2. The van der Waals surface area contributed by atoms with Gasteiger partial charge in [-0.05, 0) is 63.5 Å². The molecule has 0 aromatic heterocycles. The number of ether oxygens (including phenoxy) is 3. The van der Waals surface area contributed by atoms with E-state index in [1.165, 1.54) is 19.1 Å². The second-order valence-electron chi connectivity index (χ2n) is 12.3. The molecule has 1 saturated heterocycles. The van der Waals surface area contributed by atoms with Crippen LogP contribution in [0.4, 0.5) is 4.39 Å². The van der Waals surface area contributed by atoms with Gasteiger partial charge in [-0.3, -0.25) is 14.4 Å². The zero-order chi connectivity index (χ0) is 25.7. The number of fused-ring (bicyclic) bond motifs is 7. The summed E-state index contributed by atoms with van der Waals surface area (Å²) < 4.78 is 35.8. The fraction of sp³-hybridized carbons (Fsp3) is 0.750. The summed E-state index contributed by atoms with van der Waals surface area (Å²) in [6.07, 6.45) is 7.23. The van der Waals surface area contributed by atoms with Crippen LogP contribution in [0, 0.1) is 22.7 Å². The lowest BCUT2D eigenvalue weighted by Gasteiger charge is -2.62. The molecule has 5 aliphatic carbocycles. The first-order valence-electron chi connectivity index (χ1n) is 13.3. The van der Waals surface area contributed by atoms with E-state index in [1.807, 2.05) is 6.92 Å². The van der Waals surface area contributed by atoms with Gasteiger partial charge in [-0.1, -0.05) is 18.6 Å². The molecule has 8 atom stereocenters. The van der Waals surface area contributed by atoms with Crippen LogP contribution in [0.5, 0.6) is 0 Å². The summed E-state index contributed by atoms with van der Waals surface area (Å²) in [5, 5.41) is 11.6. The van der Waals surface area contributed by atoms with Crippen LogP contribution in [-0.4, -0.2) is 58.5 Å². The molecule has 0 aromatic carbocycles. The lowest BCUT2D eigenvalue weighted by atomic mass is 9.44. The van der Waals surface area contributed by atoms with Gasteiger partial charge < -0.3 is 19.3 Å². The fourth-order valence-corrected chi connectivity index (χ4v) is 9.04. The van der Waals surface area contributed by atoms with Crippen molar-refractivity contribution >= 4 is 17.5 Å². The average molecular weight is 503 g/mol. The molecule has 196 valence electrons. The van der Waals surface area contributed by atoms with Gasteiger partial charge >= 0.3 is 5.97 Å². The Bertz CT molecular complexity index is 1090. The Morgan fingerprint density at radius 3 is 2.64 bits per heavy atom. The molecule has 0 aromatic rings. The molecule has 1 N–H and O–H groups in total. The van der Waals surface area contributed by atoms with Crippen molar-refractivity contribution in [1.82, 2.24) is 0 Å². The van der Waals surface area contributed by atoms with Crippen molar-refractivity contribution < 1.29 is 38.1 Å². The number of hydrogen-bond acceptors (Lipinski definition) is 7. The molecular weight excluding hydrogens is 467 g/mol. The Balaban J connectivity index is 1.44. The quantitative estimate of drug-likeness (QED) is 0.590. The van der Waals surface area contributed by atoms with E-state index in [2.05, 4.69) is 0 Å². The highest BCUT2D eigenvalue weighted by atomic mass is 19.1. The smallest absolute Gasteiger partial charge is 0.303 e. The normalized spacial score (nSPS) is 48.1. The number of carbonyl (C=O) groups is 3. The second kappa shape index (κ2) is 7.58. The molecule has 0 bridgehead atoms. The molecule has 0 radical (unpaired) electrons. The highest BCUT2D eigenvalue weighted by molar-refractivity contribution is 6.01. The Morgan fingerprint density at radius 2 is 1.94 bits per heavy atom. The van der Waals surface area contributed by atoms with Crippen molar-refractivity contribution in [2.45, 2.75) is 101 Å². The Morgan fingerprint density at radius 1 is 1.22 bits per heavy atom. The van der Waals surface area contributed by atoms with Gasteiger partial charge in [0.1, 0.15) is 0 Å². The van der Waals surface area contributed by atoms with Gasteiger partial charge in [-0.25, -0.2) is 4.39 Å². The van der Waals surface area contributed by atoms with Gasteiger partial charge in [0.25, 0.3) is 0 Å². The van der Waals surface area contributed by atoms with E-state index < -0.39 is 58.6 Å². The first-order chi connectivity index (χ1) is 16.9. The summed E-state index contributed by atoms with van der Waals surface area (Å²) in [7, 11) is 0. The van der Waals surface area contributed by atoms with Crippen molar-refractivity contribution in [3.8, 4) is 0 Å². The standard InChI is InChI=1S/C28H35FO7/c1-16(30)34-15-22(33)28-23(35-26(36-28)9-4-5-10-26)13-20-19-7-6-17-12-18(31)8-11-24(17,2)27(19,29)21(32)14-25(20,28)3/h8,11-12,19-21,23,32H,4-7,9-10,13-15H2,1-3H3/t19-,20-,21-,23-,24-,25-,27+,28+/m0/s1. The number of esters is 1. The summed E-state index contributed by atoms with van der Waals surface area (Å²) in [5.74, 6) is -2.80. The van der Waals surface area contributed by atoms with Crippen LogP contribution in [0.15, 0.2) is 23.8 Å². The van der Waals surface area contributed by atoms with Crippen molar-refractivity contribution in [1.29, 1.82) is 0 Å². The van der Waals surface area contributed by atoms with Crippen LogP contribution < -0.4 is 0 Å². The largest absolute Gasteiger partial charge is 0.458 e. The maximum absolute atomic E-state index is 17.4. The van der Waals surface area contributed by atoms with Crippen LogP contribution in [0.2, 0.25) is 0 Å². The molecule has 7 nitrogen and oxygen atoms in total. The monoisotopic (exact) mass is 502 g/mol. The van der Waals surface area contributed by atoms with Crippen molar-refractivity contribution in [2.75, 3.05) is 6.61 Å². The molecule has 1 heterocycles. The average Bonchev–Trinajstić information content (AvgIpc) is 3.47. The Hall–Kier alpha value is -1.90. The van der Waals surface area contributed by atoms with E-state index in [0.29, 0.717) is 37.7 Å². The number of aliphatic hydroxyl groups is 1. The number of alkyl halides is 1. The van der Waals surface area contributed by atoms with E-state index >= 15 is 4.39 Å². The second-order valence-corrected chi connectivity index (χ2v) is 12.3. The van der Waals surface area contributed by atoms with E-state index in [9.17, 15) is 19.5 Å². The minimum atomic E-state index is -2.00. The molecule has 6 aliphatic rings. The maximum Gasteiger partial charge on any atom is 0.303 e. The lowest BCUT2D eigenvalue weighted by Crippen LogP contribution is -2.70. The number of carbonyl (C=O) groups excluding carboxylic acids is 3. The molecule has 1 aliphatic heterocycles. The highest BCUT2D eigenvalue weighted by Gasteiger charge is 2.80. The third kappa shape index (κ3) is 2.81. The fourth-order valence-electron chi connectivity index (χ4n) is 9.04. The third-order valence-electron chi connectivity index (χ3n) is 10.7. The molecule has 36 heavy (non-hydrogen) atoms. The SMILES string of the molecule is CC(=O)OCC(=O)[C@@]12OC3(CCCC3)O[C@H]1C[C@H]1[C@@H]3CCC4=CC(=O)C=C[C@]4(C)[C@]3(F)[C@@H](O)C[C@@]12C. The molecule has 1 spiro atoms. The summed E-state index contributed by atoms with van der Waals surface area (Å²) in [6.45, 7) is 4.52. The highest BCUT2D eigenvalue weighted by Crippen LogP contribution is 2.73. The summed E-state index contributed by atoms with van der Waals surface area (Å²) in [6, 6.07) is 0. The van der Waals surface area contributed by atoms with E-state index in [-0.39, 0.29) is 23.9 Å². The molecular formula is C28H35FO7. The van der Waals surface area contributed by atoms with E-state index in [4.69, 9.17) is 14.2 Å². The van der Waals surface area contributed by atoms with Gasteiger partial charge in [0, 0.05) is 36.5 Å². The zero-order valence-corrected chi connectivity index (χ0v) is 21.2. The van der Waals surface area contributed by atoms with Crippen LogP contribution in [0.1, 0.15) is 72.1 Å². The number of allylic oxidation sites excluding steroid dienone is 4. The van der Waals surface area contributed by atoms with Crippen molar-refractivity contribution in [3.05, 3.63) is 23.8 Å². The topological polar surface area (TPSA) is 99.1 Å². The predicted molar refractivity (Wildman–Crippen MR) is 125 cm³/mol. The van der Waals surface area contributed by atoms with Crippen LogP contribution in [0.3, 0.4) is 0 Å². The third-order valence-corrected chi connectivity index (χ3v) is 10.7. The first kappa shape index (κ1) is 24.4. The number of Topliss-reactive ketones (excluding diaryl/α,β-unsaturated/α-hetero) is 1. The van der Waals surface area contributed by atoms with E-state index in [0.717, 1.165) is 12.8 Å².